The molecule has 54 valence electrons. The van der Waals surface area contributed by atoms with Crippen LogP contribution < -0.4 is 5.73 Å². The van der Waals surface area contributed by atoms with Gasteiger partial charge in [0.15, 0.2) is 6.07 Å². The van der Waals surface area contributed by atoms with Gasteiger partial charge in [-0.1, -0.05) is 11.6 Å². The fourth-order valence-corrected chi connectivity index (χ4v) is 0.501. The highest BCUT2D eigenvalue weighted by molar-refractivity contribution is 6.17. The molecule has 2 N–H and O–H groups in total. The van der Waals surface area contributed by atoms with Gasteiger partial charge in [0, 0.05) is 6.42 Å². The molecule has 0 fully saturated rings. The molecule has 0 amide bonds. The smallest absolute Gasteiger partial charge is 0.307 e. The molecule has 0 rings (SSSR count). The summed E-state index contributed by atoms with van der Waals surface area (Å²) in [7, 11) is 0. The lowest BCUT2D eigenvalue weighted by atomic mass is 10.3. The number of rotatable bonds is 4. The second-order valence-electron chi connectivity index (χ2n) is 1.52. The molecule has 0 aliphatic heterocycles. The molecule has 0 aromatic carbocycles. The van der Waals surface area contributed by atoms with E-state index in [4.69, 9.17) is 17.3 Å². The molecule has 3 nitrogen and oxygen atoms in total. The zero-order valence-corrected chi connectivity index (χ0v) is 5.86. The lowest BCUT2D eigenvalue weighted by Gasteiger charge is -1.96. The van der Waals surface area contributed by atoms with E-state index in [1.54, 1.807) is 0 Å². The molecule has 0 aromatic heterocycles. The summed E-state index contributed by atoms with van der Waals surface area (Å²) in [5.74, 6) is -0.282. The van der Waals surface area contributed by atoms with Crippen LogP contribution in [0, 0.1) is 0 Å². The van der Waals surface area contributed by atoms with Crippen molar-refractivity contribution in [2.24, 2.45) is 5.73 Å². The second-order valence-corrected chi connectivity index (χ2v) is 1.74. The molecule has 0 aliphatic carbocycles. The van der Waals surface area contributed by atoms with Crippen LogP contribution in [-0.2, 0) is 9.53 Å². The molecule has 0 aromatic rings. The molecule has 0 heterocycles. The van der Waals surface area contributed by atoms with E-state index in [-0.39, 0.29) is 12.0 Å². The number of hydrogen-bond acceptors (Lipinski definition) is 3. The van der Waals surface area contributed by atoms with Crippen LogP contribution in [0.25, 0.3) is 0 Å². The zero-order valence-electron chi connectivity index (χ0n) is 5.10. The predicted octanol–water partition coefficient (Wildman–Crippen LogP) is 0.465. The first kappa shape index (κ1) is 8.72. The van der Waals surface area contributed by atoms with Crippen LogP contribution >= 0.6 is 11.6 Å². The summed E-state index contributed by atoms with van der Waals surface area (Å²) in [6.45, 7) is 0.511. The van der Waals surface area contributed by atoms with E-state index in [0.717, 1.165) is 0 Å². The van der Waals surface area contributed by atoms with Crippen LogP contribution in [0.5, 0.6) is 0 Å². The van der Waals surface area contributed by atoms with Gasteiger partial charge in [-0.15, -0.1) is 0 Å². The van der Waals surface area contributed by atoms with Crippen molar-refractivity contribution in [3.8, 4) is 0 Å². The zero-order chi connectivity index (χ0) is 7.11. The number of hydrogen-bond donors (Lipinski definition) is 1. The summed E-state index contributed by atoms with van der Waals surface area (Å²) in [6, 6.07) is -0.0661. The standard InChI is InChI=1S/C5H10ClNO2/c6-4-9-5(8)2-1-3-7/h1-4,7H2. The van der Waals surface area contributed by atoms with E-state index in [1.165, 1.54) is 0 Å². The summed E-state index contributed by atoms with van der Waals surface area (Å²) in [4.78, 5) is 10.4. The molecular formula is C5H10ClNO2. The Morgan fingerprint density at radius 1 is 1.67 bits per heavy atom. The van der Waals surface area contributed by atoms with E-state index in [0.29, 0.717) is 19.4 Å². The van der Waals surface area contributed by atoms with Crippen molar-refractivity contribution in [1.29, 1.82) is 0 Å². The molecule has 0 aliphatic rings. The Kier molecular flexibility index (Phi) is 5.67. The van der Waals surface area contributed by atoms with Crippen LogP contribution in [0.3, 0.4) is 0 Å². The molecule has 0 spiro atoms. The van der Waals surface area contributed by atoms with Crippen molar-refractivity contribution >= 4 is 17.6 Å². The number of esters is 1. The molecular weight excluding hydrogens is 142 g/mol. The molecule has 0 unspecified atom stereocenters. The van der Waals surface area contributed by atoms with Gasteiger partial charge in [0.2, 0.25) is 0 Å². The maximum absolute atomic E-state index is 10.4. The number of halogens is 1. The number of carbonyl (C=O) groups is 1. The Morgan fingerprint density at radius 3 is 2.78 bits per heavy atom. The highest BCUT2D eigenvalue weighted by Crippen LogP contribution is 1.91. The lowest BCUT2D eigenvalue weighted by Crippen LogP contribution is -2.06. The van der Waals surface area contributed by atoms with Gasteiger partial charge in [-0.3, -0.25) is 4.79 Å². The van der Waals surface area contributed by atoms with Crippen LogP contribution in [0.1, 0.15) is 12.8 Å². The van der Waals surface area contributed by atoms with Crippen LogP contribution in [0.15, 0.2) is 0 Å². The van der Waals surface area contributed by atoms with Gasteiger partial charge in [-0.05, 0) is 13.0 Å². The monoisotopic (exact) mass is 151 g/mol. The topological polar surface area (TPSA) is 52.3 Å². The van der Waals surface area contributed by atoms with E-state index in [2.05, 4.69) is 4.74 Å². The number of carbonyl (C=O) groups excluding carboxylic acids is 1. The SMILES string of the molecule is NCCCC(=O)OCCl. The maximum atomic E-state index is 10.4. The first-order valence-electron chi connectivity index (χ1n) is 2.73. The van der Waals surface area contributed by atoms with Crippen LogP contribution in [0.4, 0.5) is 0 Å². The van der Waals surface area contributed by atoms with Gasteiger partial charge < -0.3 is 10.5 Å². The fraction of sp³-hybridized carbons (Fsp3) is 0.800. The Balaban J connectivity index is 3.06. The summed E-state index contributed by atoms with van der Waals surface area (Å²) >= 11 is 5.10. The Morgan fingerprint density at radius 2 is 2.33 bits per heavy atom. The highest BCUT2D eigenvalue weighted by Gasteiger charge is 1.98. The number of alkyl halides is 1. The van der Waals surface area contributed by atoms with Gasteiger partial charge >= 0.3 is 5.97 Å². The fourth-order valence-electron chi connectivity index (χ4n) is 0.379. The van der Waals surface area contributed by atoms with Crippen molar-refractivity contribution in [2.75, 3.05) is 12.6 Å². The summed E-state index contributed by atoms with van der Waals surface area (Å²) in [5, 5.41) is 0. The molecule has 9 heavy (non-hydrogen) atoms. The molecule has 0 saturated heterocycles. The van der Waals surface area contributed by atoms with Crippen LogP contribution in [-0.4, -0.2) is 18.6 Å². The van der Waals surface area contributed by atoms with Gasteiger partial charge in [0.1, 0.15) is 0 Å². The third kappa shape index (κ3) is 5.59. The molecule has 0 atom stereocenters. The first-order valence-corrected chi connectivity index (χ1v) is 3.26. The quantitative estimate of drug-likeness (QED) is 0.469. The molecule has 4 heteroatoms. The average Bonchev–Trinajstić information content (AvgIpc) is 1.85. The van der Waals surface area contributed by atoms with Crippen molar-refractivity contribution < 1.29 is 9.53 Å². The Bertz CT molecular complexity index is 87.0. The predicted molar refractivity (Wildman–Crippen MR) is 35.1 cm³/mol. The van der Waals surface area contributed by atoms with Gasteiger partial charge in [0.05, 0.1) is 0 Å². The minimum atomic E-state index is -0.282. The Hall–Kier alpha value is -0.280. The minimum Gasteiger partial charge on any atom is -0.449 e. The van der Waals surface area contributed by atoms with Crippen molar-refractivity contribution in [2.45, 2.75) is 12.8 Å². The van der Waals surface area contributed by atoms with E-state index in [9.17, 15) is 4.79 Å². The normalized spacial score (nSPS) is 9.11. The maximum Gasteiger partial charge on any atom is 0.307 e. The largest absolute Gasteiger partial charge is 0.449 e. The van der Waals surface area contributed by atoms with E-state index < -0.39 is 0 Å². The summed E-state index contributed by atoms with van der Waals surface area (Å²) < 4.78 is 4.41. The third-order valence-electron chi connectivity index (χ3n) is 0.801. The molecule has 0 radical (unpaired) electrons. The molecule has 0 saturated carbocycles. The molecule has 0 bridgehead atoms. The Labute approximate surface area is 59.1 Å². The first-order chi connectivity index (χ1) is 4.31. The van der Waals surface area contributed by atoms with Crippen molar-refractivity contribution in [3.63, 3.8) is 0 Å². The van der Waals surface area contributed by atoms with Gasteiger partial charge in [-0.2, -0.15) is 0 Å². The van der Waals surface area contributed by atoms with Crippen molar-refractivity contribution in [1.82, 2.24) is 0 Å². The lowest BCUT2D eigenvalue weighted by molar-refractivity contribution is -0.141. The minimum absolute atomic E-state index is 0.0661. The van der Waals surface area contributed by atoms with Gasteiger partial charge in [-0.25, -0.2) is 0 Å². The second kappa shape index (κ2) is 5.85. The highest BCUT2D eigenvalue weighted by atomic mass is 35.5. The van der Waals surface area contributed by atoms with Gasteiger partial charge in [0.25, 0.3) is 0 Å². The summed E-state index contributed by atoms with van der Waals surface area (Å²) in [6.07, 6.45) is 1.03. The number of nitrogens with two attached hydrogens (primary N) is 1. The third-order valence-corrected chi connectivity index (χ3v) is 0.910. The average molecular weight is 152 g/mol. The summed E-state index contributed by atoms with van der Waals surface area (Å²) in [5.41, 5.74) is 5.13. The number of ether oxygens (including phenoxy) is 1. The van der Waals surface area contributed by atoms with E-state index in [1.807, 2.05) is 0 Å². The van der Waals surface area contributed by atoms with Crippen molar-refractivity contribution in [3.05, 3.63) is 0 Å². The van der Waals surface area contributed by atoms with E-state index >= 15 is 0 Å². The van der Waals surface area contributed by atoms with Crippen LogP contribution in [0.2, 0.25) is 0 Å².